The van der Waals surface area contributed by atoms with Gasteiger partial charge in [0.1, 0.15) is 6.04 Å². The van der Waals surface area contributed by atoms with Crippen molar-refractivity contribution in [2.24, 2.45) is 11.8 Å². The molecule has 2 aromatic rings. The average molecular weight is 490 g/mol. The van der Waals surface area contributed by atoms with Crippen LogP contribution in [-0.2, 0) is 35.1 Å². The molecule has 0 aliphatic heterocycles. The third-order valence-corrected chi connectivity index (χ3v) is 5.48. The van der Waals surface area contributed by atoms with E-state index in [1.165, 1.54) is 7.11 Å². The van der Waals surface area contributed by atoms with Gasteiger partial charge in [-0.25, -0.2) is 0 Å². The van der Waals surface area contributed by atoms with Gasteiger partial charge >= 0.3 is 11.9 Å². The van der Waals surface area contributed by atoms with E-state index < -0.39 is 35.7 Å². The number of carbonyl (C=O) groups excluding carboxylic acids is 3. The summed E-state index contributed by atoms with van der Waals surface area (Å²) >= 11 is 0. The Morgan fingerprint density at radius 2 is 1.86 bits per heavy atom. The highest BCUT2D eigenvalue weighted by Gasteiger charge is 2.27. The van der Waals surface area contributed by atoms with Gasteiger partial charge in [0.2, 0.25) is 11.8 Å². The lowest BCUT2D eigenvalue weighted by Gasteiger charge is -2.21. The van der Waals surface area contributed by atoms with E-state index in [0.29, 0.717) is 6.42 Å². The SMILES string of the molecule is COC(=O)[C@@H](CC(=O)N[C@@H](Cc1c[nH]c2ccccc12)C(=O)NCCOCCC(=O)O)CC(C)C. The van der Waals surface area contributed by atoms with Crippen LogP contribution in [0.1, 0.15) is 38.7 Å². The molecule has 4 N–H and O–H groups in total. The standard InChI is InChI=1S/C25H35N3O7/c1-16(2)12-17(25(33)34-3)14-22(29)28-21(24(32)26-9-11-35-10-8-23(30)31)13-18-15-27-20-7-5-4-6-19(18)20/h4-7,15-17,21,27H,8-14H2,1-3H3,(H,26,32)(H,28,29)(H,30,31)/t17-,21+/m1/s1. The first-order valence-electron chi connectivity index (χ1n) is 11.7. The number of aromatic nitrogens is 1. The number of methoxy groups -OCH3 is 1. The molecule has 0 saturated heterocycles. The molecule has 1 aromatic carbocycles. The molecule has 192 valence electrons. The van der Waals surface area contributed by atoms with Crippen molar-refractivity contribution in [3.8, 4) is 0 Å². The molecular formula is C25H35N3O7. The molecule has 2 atom stereocenters. The van der Waals surface area contributed by atoms with Crippen LogP contribution in [0.4, 0.5) is 0 Å². The fourth-order valence-electron chi connectivity index (χ4n) is 3.84. The van der Waals surface area contributed by atoms with E-state index in [2.05, 4.69) is 15.6 Å². The highest BCUT2D eigenvalue weighted by atomic mass is 16.5. The smallest absolute Gasteiger partial charge is 0.309 e. The monoisotopic (exact) mass is 489 g/mol. The lowest BCUT2D eigenvalue weighted by molar-refractivity contribution is -0.148. The second-order valence-electron chi connectivity index (χ2n) is 8.78. The molecule has 35 heavy (non-hydrogen) atoms. The molecule has 0 radical (unpaired) electrons. The van der Waals surface area contributed by atoms with Crippen LogP contribution in [0, 0.1) is 11.8 Å². The van der Waals surface area contributed by atoms with Crippen LogP contribution in [0.25, 0.3) is 10.9 Å². The largest absolute Gasteiger partial charge is 0.481 e. The van der Waals surface area contributed by atoms with Gasteiger partial charge in [-0.3, -0.25) is 19.2 Å². The topological polar surface area (TPSA) is 147 Å². The maximum Gasteiger partial charge on any atom is 0.309 e. The number of hydrogen-bond donors (Lipinski definition) is 4. The number of para-hydroxylation sites is 1. The van der Waals surface area contributed by atoms with Gasteiger partial charge in [0.05, 0.1) is 32.7 Å². The molecule has 0 bridgehead atoms. The number of rotatable bonds is 15. The summed E-state index contributed by atoms with van der Waals surface area (Å²) in [6.07, 6.45) is 2.34. The summed E-state index contributed by atoms with van der Waals surface area (Å²) in [5.74, 6) is -2.64. The van der Waals surface area contributed by atoms with Crippen molar-refractivity contribution in [3.63, 3.8) is 0 Å². The Kier molecular flexibility index (Phi) is 11.2. The maximum atomic E-state index is 13.0. The summed E-state index contributed by atoms with van der Waals surface area (Å²) in [6.45, 7) is 4.27. The number of ether oxygens (including phenoxy) is 2. The molecule has 0 unspecified atom stereocenters. The number of carbonyl (C=O) groups is 4. The molecule has 0 aliphatic rings. The fraction of sp³-hybridized carbons (Fsp3) is 0.520. The fourth-order valence-corrected chi connectivity index (χ4v) is 3.84. The average Bonchev–Trinajstić information content (AvgIpc) is 3.22. The van der Waals surface area contributed by atoms with E-state index in [9.17, 15) is 19.2 Å². The molecule has 0 spiro atoms. The number of hydrogen-bond acceptors (Lipinski definition) is 6. The number of H-pyrrole nitrogens is 1. The minimum Gasteiger partial charge on any atom is -0.481 e. The molecular weight excluding hydrogens is 454 g/mol. The molecule has 10 heteroatoms. The first-order valence-corrected chi connectivity index (χ1v) is 11.7. The highest BCUT2D eigenvalue weighted by Crippen LogP contribution is 2.20. The molecule has 0 fully saturated rings. The van der Waals surface area contributed by atoms with Crippen LogP contribution in [0.3, 0.4) is 0 Å². The summed E-state index contributed by atoms with van der Waals surface area (Å²) in [7, 11) is 1.29. The van der Waals surface area contributed by atoms with Crippen molar-refractivity contribution in [1.82, 2.24) is 15.6 Å². The van der Waals surface area contributed by atoms with E-state index in [1.54, 1.807) is 0 Å². The molecule has 2 amide bonds. The van der Waals surface area contributed by atoms with Crippen LogP contribution in [-0.4, -0.2) is 66.8 Å². The summed E-state index contributed by atoms with van der Waals surface area (Å²) in [5.41, 5.74) is 1.79. The third-order valence-electron chi connectivity index (χ3n) is 5.48. The zero-order valence-corrected chi connectivity index (χ0v) is 20.5. The van der Waals surface area contributed by atoms with Crippen molar-refractivity contribution < 1.29 is 33.8 Å². The van der Waals surface area contributed by atoms with E-state index >= 15 is 0 Å². The number of fused-ring (bicyclic) bond motifs is 1. The Balaban J connectivity index is 2.07. The van der Waals surface area contributed by atoms with Gasteiger partial charge < -0.3 is 30.2 Å². The van der Waals surface area contributed by atoms with Crippen LogP contribution in [0.15, 0.2) is 30.5 Å². The molecule has 2 rings (SSSR count). The Morgan fingerprint density at radius 1 is 1.11 bits per heavy atom. The van der Waals surface area contributed by atoms with Crippen molar-refractivity contribution in [3.05, 3.63) is 36.0 Å². The van der Waals surface area contributed by atoms with Gasteiger partial charge in [-0.15, -0.1) is 0 Å². The Morgan fingerprint density at radius 3 is 2.54 bits per heavy atom. The van der Waals surface area contributed by atoms with Crippen LogP contribution < -0.4 is 10.6 Å². The van der Waals surface area contributed by atoms with Gasteiger partial charge in [0, 0.05) is 36.5 Å². The lowest BCUT2D eigenvalue weighted by atomic mass is 9.93. The van der Waals surface area contributed by atoms with E-state index in [0.717, 1.165) is 16.5 Å². The summed E-state index contributed by atoms with van der Waals surface area (Å²) in [4.78, 5) is 51.7. The minimum absolute atomic E-state index is 0.0471. The quantitative estimate of drug-likeness (QED) is 0.221. The summed E-state index contributed by atoms with van der Waals surface area (Å²) in [5, 5.41) is 15.1. The van der Waals surface area contributed by atoms with E-state index in [4.69, 9.17) is 14.6 Å². The molecule has 10 nitrogen and oxygen atoms in total. The maximum absolute atomic E-state index is 13.0. The number of benzene rings is 1. The highest BCUT2D eigenvalue weighted by molar-refractivity contribution is 5.90. The molecule has 0 saturated carbocycles. The lowest BCUT2D eigenvalue weighted by Crippen LogP contribution is -2.49. The van der Waals surface area contributed by atoms with Gasteiger partial charge in [-0.1, -0.05) is 32.0 Å². The van der Waals surface area contributed by atoms with Crippen molar-refractivity contribution in [1.29, 1.82) is 0 Å². The van der Waals surface area contributed by atoms with Crippen molar-refractivity contribution in [2.45, 2.75) is 45.6 Å². The van der Waals surface area contributed by atoms with E-state index in [1.807, 2.05) is 44.3 Å². The van der Waals surface area contributed by atoms with Gasteiger partial charge in [-0.2, -0.15) is 0 Å². The first-order chi connectivity index (χ1) is 16.7. The van der Waals surface area contributed by atoms with Gasteiger partial charge in [0.25, 0.3) is 0 Å². The Bertz CT molecular complexity index is 1000. The Labute approximate surface area is 204 Å². The van der Waals surface area contributed by atoms with E-state index in [-0.39, 0.29) is 44.9 Å². The normalized spacial score (nSPS) is 12.8. The number of carboxylic acids is 1. The van der Waals surface area contributed by atoms with Gasteiger partial charge in [0.15, 0.2) is 0 Å². The number of esters is 1. The molecule has 1 aromatic heterocycles. The second-order valence-corrected chi connectivity index (χ2v) is 8.78. The second kappa shape index (κ2) is 14.1. The van der Waals surface area contributed by atoms with Crippen LogP contribution in [0.5, 0.6) is 0 Å². The Hall–Kier alpha value is -3.40. The summed E-state index contributed by atoms with van der Waals surface area (Å²) in [6, 6.07) is 6.78. The number of nitrogens with one attached hydrogen (secondary N) is 3. The predicted octanol–water partition coefficient (Wildman–Crippen LogP) is 2.03. The van der Waals surface area contributed by atoms with Crippen molar-refractivity contribution in [2.75, 3.05) is 26.9 Å². The molecule has 0 aliphatic carbocycles. The van der Waals surface area contributed by atoms with Crippen LogP contribution in [0.2, 0.25) is 0 Å². The van der Waals surface area contributed by atoms with Gasteiger partial charge in [-0.05, 0) is 24.0 Å². The zero-order valence-electron chi connectivity index (χ0n) is 20.5. The third kappa shape index (κ3) is 9.40. The van der Waals surface area contributed by atoms with Crippen molar-refractivity contribution >= 4 is 34.7 Å². The minimum atomic E-state index is -0.960. The number of aromatic amines is 1. The molecule has 1 heterocycles. The summed E-state index contributed by atoms with van der Waals surface area (Å²) < 4.78 is 10.1. The number of carboxylic acid groups (broad SMARTS) is 1. The zero-order chi connectivity index (χ0) is 25.8. The number of amides is 2. The van der Waals surface area contributed by atoms with Crippen LogP contribution >= 0.6 is 0 Å². The predicted molar refractivity (Wildman–Crippen MR) is 130 cm³/mol. The first kappa shape index (κ1) is 27.8. The number of aliphatic carboxylic acids is 1.